The molecule has 2 rings (SSSR count). The molecule has 1 N–H and O–H groups in total. The molecule has 1 saturated carbocycles. The van der Waals surface area contributed by atoms with E-state index in [1.54, 1.807) is 0 Å². The van der Waals surface area contributed by atoms with Crippen molar-refractivity contribution in [1.82, 2.24) is 0 Å². The van der Waals surface area contributed by atoms with Crippen molar-refractivity contribution in [2.45, 2.75) is 44.6 Å². The molecule has 2 heteroatoms. The molecule has 2 aliphatic rings. The number of hydrogen-bond donors (Lipinski definition) is 1. The predicted molar refractivity (Wildman–Crippen MR) is 51.5 cm³/mol. The van der Waals surface area contributed by atoms with Gasteiger partial charge in [-0.3, -0.25) is 0 Å². The van der Waals surface area contributed by atoms with Gasteiger partial charge in [-0.05, 0) is 31.1 Å². The maximum atomic E-state index is 9.01. The minimum atomic E-state index is 0.334. The molecular formula is C11H20O2. The summed E-state index contributed by atoms with van der Waals surface area (Å²) in [5, 5.41) is 9.01. The van der Waals surface area contributed by atoms with Gasteiger partial charge in [0, 0.05) is 13.2 Å². The van der Waals surface area contributed by atoms with Gasteiger partial charge in [-0.1, -0.05) is 19.3 Å². The van der Waals surface area contributed by atoms with Gasteiger partial charge in [0.15, 0.2) is 0 Å². The Morgan fingerprint density at radius 1 is 1.23 bits per heavy atom. The Morgan fingerprint density at radius 2 is 2.08 bits per heavy atom. The van der Waals surface area contributed by atoms with Crippen LogP contribution in [0.25, 0.3) is 0 Å². The maximum absolute atomic E-state index is 9.01. The van der Waals surface area contributed by atoms with Crippen molar-refractivity contribution >= 4 is 0 Å². The van der Waals surface area contributed by atoms with Crippen LogP contribution in [0.4, 0.5) is 0 Å². The van der Waals surface area contributed by atoms with E-state index in [1.807, 2.05) is 0 Å². The third-order valence-electron chi connectivity index (χ3n) is 3.66. The summed E-state index contributed by atoms with van der Waals surface area (Å²) in [6.45, 7) is 1.28. The van der Waals surface area contributed by atoms with Crippen molar-refractivity contribution in [1.29, 1.82) is 0 Å². The fourth-order valence-corrected chi connectivity index (χ4v) is 2.68. The average Bonchev–Trinajstić information content (AvgIpc) is 2.51. The van der Waals surface area contributed by atoms with Gasteiger partial charge in [0.25, 0.3) is 0 Å². The summed E-state index contributed by atoms with van der Waals surface area (Å²) in [6, 6.07) is 0. The van der Waals surface area contributed by atoms with Crippen LogP contribution in [0.3, 0.4) is 0 Å². The minimum Gasteiger partial charge on any atom is -0.396 e. The Labute approximate surface area is 80.3 Å². The highest BCUT2D eigenvalue weighted by Crippen LogP contribution is 2.40. The summed E-state index contributed by atoms with van der Waals surface area (Å²) in [5.41, 5.74) is 0. The molecule has 0 aromatic rings. The highest BCUT2D eigenvalue weighted by molar-refractivity contribution is 4.84. The van der Waals surface area contributed by atoms with Crippen LogP contribution in [0, 0.1) is 11.8 Å². The summed E-state index contributed by atoms with van der Waals surface area (Å²) in [4.78, 5) is 0. The molecule has 13 heavy (non-hydrogen) atoms. The Bertz CT molecular complexity index is 148. The predicted octanol–water partition coefficient (Wildman–Crippen LogP) is 1.96. The van der Waals surface area contributed by atoms with Crippen LogP contribution in [0.1, 0.15) is 38.5 Å². The molecule has 2 unspecified atom stereocenters. The lowest BCUT2D eigenvalue weighted by Gasteiger charge is -2.36. The monoisotopic (exact) mass is 184 g/mol. The van der Waals surface area contributed by atoms with Crippen molar-refractivity contribution in [3.05, 3.63) is 0 Å². The lowest BCUT2D eigenvalue weighted by molar-refractivity contribution is 0.00607. The molecule has 0 aromatic heterocycles. The summed E-state index contributed by atoms with van der Waals surface area (Å²) in [5.74, 6) is 1.51. The summed E-state index contributed by atoms with van der Waals surface area (Å²) in [7, 11) is 0. The molecule has 0 amide bonds. The van der Waals surface area contributed by atoms with Gasteiger partial charge in [-0.25, -0.2) is 0 Å². The molecule has 76 valence electrons. The van der Waals surface area contributed by atoms with Gasteiger partial charge in [0.05, 0.1) is 6.10 Å². The second kappa shape index (κ2) is 4.43. The molecule has 0 aromatic carbocycles. The van der Waals surface area contributed by atoms with Gasteiger partial charge in [0.2, 0.25) is 0 Å². The highest BCUT2D eigenvalue weighted by atomic mass is 16.5. The lowest BCUT2D eigenvalue weighted by Crippen LogP contribution is -2.32. The molecular weight excluding hydrogens is 164 g/mol. The fourth-order valence-electron chi connectivity index (χ4n) is 2.68. The second-order valence-electron chi connectivity index (χ2n) is 4.42. The smallest absolute Gasteiger partial charge is 0.0607 e. The first-order valence-corrected chi connectivity index (χ1v) is 5.64. The third kappa shape index (κ3) is 2.05. The first-order valence-electron chi connectivity index (χ1n) is 5.64. The van der Waals surface area contributed by atoms with E-state index in [4.69, 9.17) is 9.84 Å². The van der Waals surface area contributed by atoms with E-state index in [-0.39, 0.29) is 0 Å². The lowest BCUT2D eigenvalue weighted by atomic mass is 9.72. The molecule has 2 nitrogen and oxygen atoms in total. The molecule has 2 fully saturated rings. The average molecular weight is 184 g/mol. The molecule has 0 bridgehead atoms. The molecule has 0 radical (unpaired) electrons. The highest BCUT2D eigenvalue weighted by Gasteiger charge is 2.34. The number of aliphatic hydroxyl groups is 1. The van der Waals surface area contributed by atoms with Gasteiger partial charge in [-0.2, -0.15) is 0 Å². The van der Waals surface area contributed by atoms with Crippen LogP contribution in [-0.2, 0) is 4.74 Å². The third-order valence-corrected chi connectivity index (χ3v) is 3.66. The first-order chi connectivity index (χ1) is 6.42. The zero-order valence-electron chi connectivity index (χ0n) is 8.24. The van der Waals surface area contributed by atoms with Crippen LogP contribution in [0.5, 0.6) is 0 Å². The van der Waals surface area contributed by atoms with Gasteiger partial charge >= 0.3 is 0 Å². The molecule has 1 heterocycles. The maximum Gasteiger partial charge on any atom is 0.0607 e. The zero-order chi connectivity index (χ0) is 9.10. The number of hydrogen-bond acceptors (Lipinski definition) is 2. The van der Waals surface area contributed by atoms with E-state index in [9.17, 15) is 0 Å². The molecule has 0 spiro atoms. The van der Waals surface area contributed by atoms with Crippen molar-refractivity contribution in [3.8, 4) is 0 Å². The standard InChI is InChI=1S/C11H20O2/c12-7-6-10(9-3-1-4-9)11-5-2-8-13-11/h9-12H,1-8H2. The Kier molecular flexibility index (Phi) is 3.23. The van der Waals surface area contributed by atoms with Crippen LogP contribution in [-0.4, -0.2) is 24.4 Å². The normalized spacial score (nSPS) is 31.6. The molecule has 2 atom stereocenters. The SMILES string of the molecule is OCCC(C1CCC1)C1CCCO1. The summed E-state index contributed by atoms with van der Waals surface area (Å²) < 4.78 is 5.71. The summed E-state index contributed by atoms with van der Waals surface area (Å²) in [6.07, 6.45) is 7.99. The van der Waals surface area contributed by atoms with E-state index in [0.717, 1.165) is 18.9 Å². The van der Waals surface area contributed by atoms with Gasteiger partial charge < -0.3 is 9.84 Å². The Hall–Kier alpha value is -0.0800. The summed E-state index contributed by atoms with van der Waals surface area (Å²) >= 11 is 0. The van der Waals surface area contributed by atoms with Crippen molar-refractivity contribution in [3.63, 3.8) is 0 Å². The second-order valence-corrected chi connectivity index (χ2v) is 4.42. The van der Waals surface area contributed by atoms with Crippen LogP contribution < -0.4 is 0 Å². The first kappa shape index (κ1) is 9.47. The van der Waals surface area contributed by atoms with E-state index < -0.39 is 0 Å². The van der Waals surface area contributed by atoms with Gasteiger partial charge in [-0.15, -0.1) is 0 Å². The van der Waals surface area contributed by atoms with E-state index in [0.29, 0.717) is 18.6 Å². The molecule has 1 aliphatic heterocycles. The van der Waals surface area contributed by atoms with Crippen LogP contribution >= 0.6 is 0 Å². The van der Waals surface area contributed by atoms with Crippen LogP contribution in [0.2, 0.25) is 0 Å². The Morgan fingerprint density at radius 3 is 2.54 bits per heavy atom. The number of rotatable bonds is 4. The zero-order valence-corrected chi connectivity index (χ0v) is 8.24. The largest absolute Gasteiger partial charge is 0.396 e. The number of aliphatic hydroxyl groups excluding tert-OH is 1. The topological polar surface area (TPSA) is 29.5 Å². The number of ether oxygens (including phenoxy) is 1. The van der Waals surface area contributed by atoms with Crippen molar-refractivity contribution in [2.75, 3.05) is 13.2 Å². The quantitative estimate of drug-likeness (QED) is 0.723. The Balaban J connectivity index is 1.86. The molecule has 1 saturated heterocycles. The van der Waals surface area contributed by atoms with E-state index >= 15 is 0 Å². The van der Waals surface area contributed by atoms with Crippen molar-refractivity contribution in [2.24, 2.45) is 11.8 Å². The van der Waals surface area contributed by atoms with E-state index in [1.165, 1.54) is 32.1 Å². The minimum absolute atomic E-state index is 0.334. The molecule has 1 aliphatic carbocycles. The van der Waals surface area contributed by atoms with Gasteiger partial charge in [0.1, 0.15) is 0 Å². The van der Waals surface area contributed by atoms with Crippen molar-refractivity contribution < 1.29 is 9.84 Å². The fraction of sp³-hybridized carbons (Fsp3) is 1.00. The van der Waals surface area contributed by atoms with E-state index in [2.05, 4.69) is 0 Å². The van der Waals surface area contributed by atoms with Crippen LogP contribution in [0.15, 0.2) is 0 Å².